The minimum atomic E-state index is -3.54. The van der Waals surface area contributed by atoms with E-state index in [0.717, 1.165) is 24.9 Å². The molecule has 158 valence electrons. The van der Waals surface area contributed by atoms with Crippen molar-refractivity contribution in [2.45, 2.75) is 13.0 Å². The summed E-state index contributed by atoms with van der Waals surface area (Å²) in [5, 5.41) is 10.5. The Morgan fingerprint density at radius 1 is 1.07 bits per heavy atom. The van der Waals surface area contributed by atoms with Gasteiger partial charge in [0.25, 0.3) is 0 Å². The molecule has 0 radical (unpaired) electrons. The van der Waals surface area contributed by atoms with E-state index in [0.29, 0.717) is 36.9 Å². The van der Waals surface area contributed by atoms with Gasteiger partial charge in [0.05, 0.1) is 37.8 Å². The first kappa shape index (κ1) is 21.6. The second-order valence-corrected chi connectivity index (χ2v) is 9.18. The highest BCUT2D eigenvalue weighted by molar-refractivity contribution is 7.92. The Hall–Kier alpha value is -2.13. The molecule has 1 unspecified atom stereocenters. The Bertz CT molecular complexity index is 878. The van der Waals surface area contributed by atoms with Gasteiger partial charge in [0.1, 0.15) is 11.5 Å². The van der Waals surface area contributed by atoms with Crippen molar-refractivity contribution in [1.82, 2.24) is 4.90 Å². The van der Waals surface area contributed by atoms with Gasteiger partial charge in [0, 0.05) is 19.6 Å². The van der Waals surface area contributed by atoms with E-state index < -0.39 is 16.1 Å². The Morgan fingerprint density at radius 3 is 2.17 bits per heavy atom. The van der Waals surface area contributed by atoms with E-state index in [1.165, 1.54) is 4.31 Å². The number of aryl methyl sites for hydroxylation is 1. The van der Waals surface area contributed by atoms with Gasteiger partial charge in [0.2, 0.25) is 10.0 Å². The summed E-state index contributed by atoms with van der Waals surface area (Å²) in [6.45, 7) is 5.14. The lowest BCUT2D eigenvalue weighted by atomic mass is 10.2. The van der Waals surface area contributed by atoms with E-state index in [2.05, 4.69) is 4.90 Å². The van der Waals surface area contributed by atoms with Gasteiger partial charge in [0.15, 0.2) is 0 Å². The summed E-state index contributed by atoms with van der Waals surface area (Å²) >= 11 is 0. The van der Waals surface area contributed by atoms with Crippen molar-refractivity contribution in [1.29, 1.82) is 0 Å². The fourth-order valence-electron chi connectivity index (χ4n) is 3.19. The number of sulfonamides is 1. The predicted molar refractivity (Wildman–Crippen MR) is 113 cm³/mol. The first-order valence-corrected chi connectivity index (χ1v) is 11.5. The topological polar surface area (TPSA) is 79.3 Å². The summed E-state index contributed by atoms with van der Waals surface area (Å²) in [5.41, 5.74) is 1.64. The molecule has 3 rings (SSSR count). The highest BCUT2D eigenvalue weighted by Gasteiger charge is 2.23. The normalized spacial score (nSPS) is 16.4. The molecule has 1 fully saturated rings. The standard InChI is InChI=1S/C21H28N2O5S/c1-17-3-7-20(8-4-17)28-21-9-5-18(6-10-21)23(29(2,25)26)16-19(24)15-22-11-13-27-14-12-22/h3-10,19,24H,11-16H2,1-2H3. The van der Waals surface area contributed by atoms with E-state index in [1.807, 2.05) is 31.2 Å². The van der Waals surface area contributed by atoms with E-state index in [1.54, 1.807) is 24.3 Å². The molecule has 1 atom stereocenters. The van der Waals surface area contributed by atoms with E-state index in [4.69, 9.17) is 9.47 Å². The number of hydrogen-bond donors (Lipinski definition) is 1. The van der Waals surface area contributed by atoms with Gasteiger partial charge in [-0.25, -0.2) is 8.42 Å². The number of β-amino-alcohol motifs (C(OH)–C–C–N with tert-alkyl or cyclic N) is 1. The molecule has 2 aromatic carbocycles. The average molecular weight is 421 g/mol. The molecule has 0 bridgehead atoms. The number of aliphatic hydroxyl groups excluding tert-OH is 1. The number of hydrogen-bond acceptors (Lipinski definition) is 6. The fraction of sp³-hybridized carbons (Fsp3) is 0.429. The van der Waals surface area contributed by atoms with Crippen molar-refractivity contribution < 1.29 is 23.0 Å². The number of ether oxygens (including phenoxy) is 2. The van der Waals surface area contributed by atoms with Crippen LogP contribution >= 0.6 is 0 Å². The Kier molecular flexibility index (Phi) is 7.13. The maximum Gasteiger partial charge on any atom is 0.232 e. The third-order valence-corrected chi connectivity index (χ3v) is 5.89. The molecule has 29 heavy (non-hydrogen) atoms. The summed E-state index contributed by atoms with van der Waals surface area (Å²) in [5.74, 6) is 1.32. The quantitative estimate of drug-likeness (QED) is 0.706. The van der Waals surface area contributed by atoms with Crippen LogP contribution < -0.4 is 9.04 Å². The smallest absolute Gasteiger partial charge is 0.232 e. The van der Waals surface area contributed by atoms with E-state index in [-0.39, 0.29) is 6.54 Å². The summed E-state index contributed by atoms with van der Waals surface area (Å²) in [6, 6.07) is 14.5. The molecule has 1 saturated heterocycles. The van der Waals surface area contributed by atoms with Crippen molar-refractivity contribution in [3.63, 3.8) is 0 Å². The van der Waals surface area contributed by atoms with Crippen LogP contribution in [0.1, 0.15) is 5.56 Å². The van der Waals surface area contributed by atoms with Crippen molar-refractivity contribution in [3.05, 3.63) is 54.1 Å². The minimum Gasteiger partial charge on any atom is -0.457 e. The molecular formula is C21H28N2O5S. The molecule has 0 saturated carbocycles. The molecule has 2 aromatic rings. The molecule has 0 aromatic heterocycles. The van der Waals surface area contributed by atoms with Gasteiger partial charge in [-0.15, -0.1) is 0 Å². The maximum atomic E-state index is 12.3. The zero-order valence-electron chi connectivity index (χ0n) is 16.8. The minimum absolute atomic E-state index is 0.00560. The van der Waals surface area contributed by atoms with Gasteiger partial charge in [-0.05, 0) is 43.3 Å². The second kappa shape index (κ2) is 9.58. The van der Waals surface area contributed by atoms with Crippen LogP contribution in [0.25, 0.3) is 0 Å². The Morgan fingerprint density at radius 2 is 1.62 bits per heavy atom. The molecule has 0 amide bonds. The monoisotopic (exact) mass is 420 g/mol. The average Bonchev–Trinajstić information content (AvgIpc) is 2.69. The van der Waals surface area contributed by atoms with E-state index >= 15 is 0 Å². The van der Waals surface area contributed by atoms with Crippen LogP contribution in [0.5, 0.6) is 11.5 Å². The number of nitrogens with zero attached hydrogens (tertiary/aromatic N) is 2. The summed E-state index contributed by atoms with van der Waals surface area (Å²) in [7, 11) is -3.54. The Labute approximate surface area is 172 Å². The molecule has 1 aliphatic rings. The highest BCUT2D eigenvalue weighted by Crippen LogP contribution is 2.26. The fourth-order valence-corrected chi connectivity index (χ4v) is 4.13. The molecule has 8 heteroatoms. The van der Waals surface area contributed by atoms with Crippen molar-refractivity contribution in [2.75, 3.05) is 50.0 Å². The predicted octanol–water partition coefficient (Wildman–Crippen LogP) is 2.25. The number of aliphatic hydroxyl groups is 1. The zero-order chi connectivity index (χ0) is 20.9. The first-order valence-electron chi connectivity index (χ1n) is 9.62. The number of anilines is 1. The third-order valence-electron chi connectivity index (χ3n) is 4.73. The van der Waals surface area contributed by atoms with Gasteiger partial charge in [-0.2, -0.15) is 0 Å². The largest absolute Gasteiger partial charge is 0.457 e. The van der Waals surface area contributed by atoms with Gasteiger partial charge >= 0.3 is 0 Å². The van der Waals surface area contributed by atoms with Gasteiger partial charge in [-0.1, -0.05) is 17.7 Å². The maximum absolute atomic E-state index is 12.3. The summed E-state index contributed by atoms with van der Waals surface area (Å²) in [4.78, 5) is 2.08. The highest BCUT2D eigenvalue weighted by atomic mass is 32.2. The number of benzene rings is 2. The zero-order valence-corrected chi connectivity index (χ0v) is 17.6. The molecule has 7 nitrogen and oxygen atoms in total. The Balaban J connectivity index is 1.67. The number of morpholine rings is 1. The molecule has 1 aliphatic heterocycles. The van der Waals surface area contributed by atoms with Crippen LogP contribution in [0.4, 0.5) is 5.69 Å². The summed E-state index contributed by atoms with van der Waals surface area (Å²) < 4.78 is 37.0. The molecule has 1 heterocycles. The van der Waals surface area contributed by atoms with Crippen molar-refractivity contribution in [3.8, 4) is 11.5 Å². The lowest BCUT2D eigenvalue weighted by Crippen LogP contribution is -2.45. The van der Waals surface area contributed by atoms with Crippen molar-refractivity contribution >= 4 is 15.7 Å². The van der Waals surface area contributed by atoms with Crippen LogP contribution in [-0.4, -0.2) is 70.2 Å². The first-order chi connectivity index (χ1) is 13.8. The van der Waals surface area contributed by atoms with Crippen molar-refractivity contribution in [2.24, 2.45) is 0 Å². The van der Waals surface area contributed by atoms with Gasteiger partial charge in [-0.3, -0.25) is 9.21 Å². The van der Waals surface area contributed by atoms with E-state index in [9.17, 15) is 13.5 Å². The molecular weight excluding hydrogens is 392 g/mol. The third kappa shape index (κ3) is 6.43. The number of rotatable bonds is 8. The van der Waals surface area contributed by atoms with Crippen LogP contribution in [0, 0.1) is 6.92 Å². The van der Waals surface area contributed by atoms with Crippen LogP contribution in [0.15, 0.2) is 48.5 Å². The molecule has 1 N–H and O–H groups in total. The molecule has 0 spiro atoms. The van der Waals surface area contributed by atoms with Crippen LogP contribution in [0.2, 0.25) is 0 Å². The molecule has 0 aliphatic carbocycles. The van der Waals surface area contributed by atoms with Crippen LogP contribution in [-0.2, 0) is 14.8 Å². The van der Waals surface area contributed by atoms with Crippen LogP contribution in [0.3, 0.4) is 0 Å². The van der Waals surface area contributed by atoms with Gasteiger partial charge < -0.3 is 14.6 Å². The second-order valence-electron chi connectivity index (χ2n) is 7.27. The lowest BCUT2D eigenvalue weighted by Gasteiger charge is -2.31. The lowest BCUT2D eigenvalue weighted by molar-refractivity contribution is 0.0166. The summed E-state index contributed by atoms with van der Waals surface area (Å²) in [6.07, 6.45) is 0.344. The SMILES string of the molecule is Cc1ccc(Oc2ccc(N(CC(O)CN3CCOCC3)S(C)(=O)=O)cc2)cc1.